The number of thiol groups is 1. The van der Waals surface area contributed by atoms with Gasteiger partial charge in [0.2, 0.25) is 0 Å². The van der Waals surface area contributed by atoms with Crippen LogP contribution in [-0.2, 0) is 4.74 Å². The summed E-state index contributed by atoms with van der Waals surface area (Å²) in [6.07, 6.45) is 6.48. The molecule has 0 spiro atoms. The standard InChI is InChI=1S/C14H27NO2S/c1-15(11-14(16)4-2-3-5-14)10-13(12-18)6-8-17-9-7-13/h16,18H,2-12H2,1H3. The van der Waals surface area contributed by atoms with Gasteiger partial charge in [0, 0.05) is 26.3 Å². The maximum Gasteiger partial charge on any atom is 0.0774 e. The summed E-state index contributed by atoms with van der Waals surface area (Å²) in [5.41, 5.74) is -0.150. The molecule has 18 heavy (non-hydrogen) atoms. The largest absolute Gasteiger partial charge is 0.389 e. The summed E-state index contributed by atoms with van der Waals surface area (Å²) in [6.45, 7) is 3.56. The quantitative estimate of drug-likeness (QED) is 0.751. The van der Waals surface area contributed by atoms with E-state index in [1.807, 2.05) is 0 Å². The van der Waals surface area contributed by atoms with Crippen molar-refractivity contribution in [3.8, 4) is 0 Å². The smallest absolute Gasteiger partial charge is 0.0774 e. The van der Waals surface area contributed by atoms with Gasteiger partial charge in [-0.15, -0.1) is 0 Å². The van der Waals surface area contributed by atoms with Gasteiger partial charge in [-0.1, -0.05) is 12.8 Å². The van der Waals surface area contributed by atoms with Crippen LogP contribution in [0.1, 0.15) is 38.5 Å². The van der Waals surface area contributed by atoms with Gasteiger partial charge in [-0.05, 0) is 43.9 Å². The Morgan fingerprint density at radius 1 is 1.11 bits per heavy atom. The first-order valence-electron chi connectivity index (χ1n) is 7.17. The fourth-order valence-electron chi connectivity index (χ4n) is 3.49. The molecule has 0 aromatic heterocycles. The Labute approximate surface area is 116 Å². The van der Waals surface area contributed by atoms with Gasteiger partial charge in [0.1, 0.15) is 0 Å². The SMILES string of the molecule is CN(CC1(O)CCCC1)CC1(CS)CCOCC1. The fraction of sp³-hybridized carbons (Fsp3) is 1.00. The highest BCUT2D eigenvalue weighted by atomic mass is 32.1. The predicted molar refractivity (Wildman–Crippen MR) is 77.3 cm³/mol. The predicted octanol–water partition coefficient (Wildman–Crippen LogP) is 1.95. The Balaban J connectivity index is 1.86. The van der Waals surface area contributed by atoms with Gasteiger partial charge >= 0.3 is 0 Å². The Morgan fingerprint density at radius 3 is 2.28 bits per heavy atom. The molecule has 1 aliphatic carbocycles. The molecule has 2 rings (SSSR count). The van der Waals surface area contributed by atoms with Gasteiger partial charge < -0.3 is 14.7 Å². The highest BCUT2D eigenvalue weighted by Crippen LogP contribution is 2.34. The second-order valence-corrected chi connectivity index (χ2v) is 6.69. The molecule has 0 unspecified atom stereocenters. The molecule has 0 radical (unpaired) electrons. The summed E-state index contributed by atoms with van der Waals surface area (Å²) in [5.74, 6) is 0.916. The number of hydrogen-bond acceptors (Lipinski definition) is 4. The third-order valence-corrected chi connectivity index (χ3v) is 5.26. The Bertz CT molecular complexity index is 261. The molecule has 2 aliphatic rings. The van der Waals surface area contributed by atoms with Gasteiger partial charge in [-0.3, -0.25) is 0 Å². The number of ether oxygens (including phenoxy) is 1. The lowest BCUT2D eigenvalue weighted by atomic mass is 9.81. The summed E-state index contributed by atoms with van der Waals surface area (Å²) >= 11 is 4.55. The molecule has 2 fully saturated rings. The maximum absolute atomic E-state index is 10.5. The first-order valence-corrected chi connectivity index (χ1v) is 7.80. The fourth-order valence-corrected chi connectivity index (χ4v) is 3.91. The summed E-state index contributed by atoms with van der Waals surface area (Å²) in [6, 6.07) is 0. The Kier molecular flexibility index (Phi) is 4.98. The molecule has 1 N–H and O–H groups in total. The minimum Gasteiger partial charge on any atom is -0.389 e. The van der Waals surface area contributed by atoms with Crippen molar-refractivity contribution in [2.45, 2.75) is 44.1 Å². The molecule has 3 nitrogen and oxygen atoms in total. The van der Waals surface area contributed by atoms with Crippen molar-refractivity contribution in [1.29, 1.82) is 0 Å². The molecule has 1 saturated carbocycles. The molecule has 1 heterocycles. The van der Waals surface area contributed by atoms with Crippen molar-refractivity contribution in [2.75, 3.05) is 39.1 Å². The molecule has 4 heteroatoms. The minimum atomic E-state index is -0.433. The van der Waals surface area contributed by atoms with Gasteiger partial charge in [-0.2, -0.15) is 12.6 Å². The highest BCUT2D eigenvalue weighted by Gasteiger charge is 2.36. The zero-order valence-electron chi connectivity index (χ0n) is 11.5. The summed E-state index contributed by atoms with van der Waals surface area (Å²) in [7, 11) is 2.14. The third kappa shape index (κ3) is 3.62. The van der Waals surface area contributed by atoms with E-state index in [1.54, 1.807) is 0 Å². The van der Waals surface area contributed by atoms with Crippen LogP contribution in [0, 0.1) is 5.41 Å². The number of aliphatic hydroxyl groups is 1. The first-order chi connectivity index (χ1) is 8.58. The van der Waals surface area contributed by atoms with Crippen molar-refractivity contribution in [2.24, 2.45) is 5.41 Å². The van der Waals surface area contributed by atoms with Crippen LogP contribution in [0.15, 0.2) is 0 Å². The molecule has 0 amide bonds. The van der Waals surface area contributed by atoms with E-state index in [0.717, 1.165) is 57.7 Å². The lowest BCUT2D eigenvalue weighted by Gasteiger charge is -2.40. The number of nitrogens with zero attached hydrogens (tertiary/aromatic N) is 1. The van der Waals surface area contributed by atoms with Crippen LogP contribution in [0.2, 0.25) is 0 Å². The van der Waals surface area contributed by atoms with E-state index in [2.05, 4.69) is 24.6 Å². The van der Waals surface area contributed by atoms with Crippen LogP contribution >= 0.6 is 12.6 Å². The van der Waals surface area contributed by atoms with Gasteiger partial charge in [0.15, 0.2) is 0 Å². The lowest BCUT2D eigenvalue weighted by molar-refractivity contribution is -0.0179. The van der Waals surface area contributed by atoms with Gasteiger partial charge in [0.05, 0.1) is 5.60 Å². The zero-order chi connectivity index (χ0) is 13.1. The lowest BCUT2D eigenvalue weighted by Crippen LogP contribution is -2.46. The average Bonchev–Trinajstić information content (AvgIpc) is 2.76. The van der Waals surface area contributed by atoms with Crippen molar-refractivity contribution < 1.29 is 9.84 Å². The zero-order valence-corrected chi connectivity index (χ0v) is 12.4. The van der Waals surface area contributed by atoms with Crippen LogP contribution in [-0.4, -0.2) is 54.7 Å². The molecule has 0 bridgehead atoms. The maximum atomic E-state index is 10.5. The van der Waals surface area contributed by atoms with E-state index in [0.29, 0.717) is 0 Å². The van der Waals surface area contributed by atoms with Crippen molar-refractivity contribution in [3.63, 3.8) is 0 Å². The van der Waals surface area contributed by atoms with E-state index >= 15 is 0 Å². The molecule has 0 aromatic rings. The van der Waals surface area contributed by atoms with E-state index in [9.17, 15) is 5.11 Å². The number of hydrogen-bond donors (Lipinski definition) is 2. The molecule has 1 saturated heterocycles. The molecule has 0 atom stereocenters. The third-order valence-electron chi connectivity index (χ3n) is 4.59. The van der Waals surface area contributed by atoms with Crippen molar-refractivity contribution in [1.82, 2.24) is 4.90 Å². The normalized spacial score (nSPS) is 26.7. The van der Waals surface area contributed by atoms with Crippen LogP contribution in [0.25, 0.3) is 0 Å². The Hall–Kier alpha value is 0.230. The number of likely N-dealkylation sites (N-methyl/N-ethyl adjacent to an activating group) is 1. The number of rotatable bonds is 5. The van der Waals surface area contributed by atoms with Crippen LogP contribution in [0.4, 0.5) is 0 Å². The Morgan fingerprint density at radius 2 is 1.72 bits per heavy atom. The molecule has 1 aliphatic heterocycles. The van der Waals surface area contributed by atoms with Crippen LogP contribution < -0.4 is 0 Å². The highest BCUT2D eigenvalue weighted by molar-refractivity contribution is 7.80. The summed E-state index contributed by atoms with van der Waals surface area (Å²) < 4.78 is 5.46. The molecular formula is C14H27NO2S. The molecule has 106 valence electrons. The minimum absolute atomic E-state index is 0.283. The summed E-state index contributed by atoms with van der Waals surface area (Å²) in [5, 5.41) is 10.5. The second-order valence-electron chi connectivity index (χ2n) is 6.37. The van der Waals surface area contributed by atoms with Crippen molar-refractivity contribution in [3.05, 3.63) is 0 Å². The van der Waals surface area contributed by atoms with Crippen LogP contribution in [0.5, 0.6) is 0 Å². The molecular weight excluding hydrogens is 246 g/mol. The van der Waals surface area contributed by atoms with Gasteiger partial charge in [0.25, 0.3) is 0 Å². The van der Waals surface area contributed by atoms with E-state index < -0.39 is 5.60 Å². The molecule has 0 aromatic carbocycles. The average molecular weight is 273 g/mol. The van der Waals surface area contributed by atoms with E-state index in [1.165, 1.54) is 12.8 Å². The summed E-state index contributed by atoms with van der Waals surface area (Å²) in [4.78, 5) is 2.31. The van der Waals surface area contributed by atoms with E-state index in [4.69, 9.17) is 4.74 Å². The first kappa shape index (κ1) is 14.6. The van der Waals surface area contributed by atoms with Crippen molar-refractivity contribution >= 4 is 12.6 Å². The topological polar surface area (TPSA) is 32.7 Å². The monoisotopic (exact) mass is 273 g/mol. The second kappa shape index (κ2) is 6.12. The van der Waals surface area contributed by atoms with Gasteiger partial charge in [-0.25, -0.2) is 0 Å². The van der Waals surface area contributed by atoms with E-state index in [-0.39, 0.29) is 5.41 Å². The van der Waals surface area contributed by atoms with Crippen LogP contribution in [0.3, 0.4) is 0 Å².